The highest BCUT2D eigenvalue weighted by molar-refractivity contribution is 5.80. The van der Waals surface area contributed by atoms with Gasteiger partial charge in [0.1, 0.15) is 0 Å². The average Bonchev–Trinajstić information content (AvgIpc) is 2.37. The molecule has 0 radical (unpaired) electrons. The molecular formula is C15H29N3O. The minimum absolute atomic E-state index is 0.208. The van der Waals surface area contributed by atoms with Gasteiger partial charge >= 0.3 is 0 Å². The zero-order valence-electron chi connectivity index (χ0n) is 12.4. The number of hydrogen-bond donors (Lipinski definition) is 2. The monoisotopic (exact) mass is 267 g/mol. The second-order valence-corrected chi connectivity index (χ2v) is 6.53. The summed E-state index contributed by atoms with van der Waals surface area (Å²) < 4.78 is 0. The van der Waals surface area contributed by atoms with Gasteiger partial charge in [-0.2, -0.15) is 0 Å². The summed E-state index contributed by atoms with van der Waals surface area (Å²) in [6.07, 6.45) is 8.06. The fraction of sp³-hybridized carbons (Fsp3) is 0.933. The molecule has 0 bridgehead atoms. The van der Waals surface area contributed by atoms with Crippen LogP contribution in [0.3, 0.4) is 0 Å². The standard InChI is InChI=1S/C15H29N3O/c1-11(2)17-13(15(16)19)10-18-9-5-7-12-6-3-4-8-14(12)18/h11-14,17H,3-10H2,1-2H3,(H2,16,19)/t12-,13?,14-/m1/s1. The van der Waals surface area contributed by atoms with E-state index in [0.29, 0.717) is 12.1 Å². The van der Waals surface area contributed by atoms with Gasteiger partial charge in [-0.25, -0.2) is 0 Å². The Hall–Kier alpha value is -0.610. The van der Waals surface area contributed by atoms with Crippen LogP contribution < -0.4 is 11.1 Å². The molecule has 1 amide bonds. The van der Waals surface area contributed by atoms with E-state index in [1.807, 2.05) is 0 Å². The Morgan fingerprint density at radius 1 is 1.26 bits per heavy atom. The van der Waals surface area contributed by atoms with E-state index < -0.39 is 0 Å². The fourth-order valence-corrected chi connectivity index (χ4v) is 3.82. The van der Waals surface area contributed by atoms with Crippen LogP contribution in [0.2, 0.25) is 0 Å². The molecule has 0 aromatic heterocycles. The first-order valence-electron chi connectivity index (χ1n) is 7.87. The summed E-state index contributed by atoms with van der Waals surface area (Å²) in [6, 6.07) is 0.781. The fourth-order valence-electron chi connectivity index (χ4n) is 3.82. The molecule has 0 aromatic rings. The second kappa shape index (κ2) is 6.71. The van der Waals surface area contributed by atoms with Crippen molar-refractivity contribution in [3.8, 4) is 0 Å². The molecule has 2 fully saturated rings. The molecule has 4 nitrogen and oxygen atoms in total. The second-order valence-electron chi connectivity index (χ2n) is 6.53. The molecule has 1 saturated carbocycles. The van der Waals surface area contributed by atoms with E-state index in [2.05, 4.69) is 24.1 Å². The number of carbonyl (C=O) groups is 1. The Morgan fingerprint density at radius 3 is 2.63 bits per heavy atom. The van der Waals surface area contributed by atoms with Crippen molar-refractivity contribution in [1.82, 2.24) is 10.2 Å². The van der Waals surface area contributed by atoms with Crippen molar-refractivity contribution in [2.75, 3.05) is 13.1 Å². The molecule has 1 heterocycles. The van der Waals surface area contributed by atoms with E-state index in [9.17, 15) is 4.79 Å². The van der Waals surface area contributed by atoms with Crippen molar-refractivity contribution in [2.24, 2.45) is 11.7 Å². The van der Waals surface area contributed by atoms with E-state index in [0.717, 1.165) is 19.0 Å². The Balaban J connectivity index is 1.96. The molecule has 3 N–H and O–H groups in total. The predicted molar refractivity (Wildman–Crippen MR) is 77.8 cm³/mol. The van der Waals surface area contributed by atoms with Crippen LogP contribution in [0.25, 0.3) is 0 Å². The number of hydrogen-bond acceptors (Lipinski definition) is 3. The highest BCUT2D eigenvalue weighted by Crippen LogP contribution is 2.35. The lowest BCUT2D eigenvalue weighted by atomic mass is 9.78. The molecule has 1 saturated heterocycles. The van der Waals surface area contributed by atoms with E-state index in [4.69, 9.17) is 5.73 Å². The normalized spacial score (nSPS) is 30.1. The van der Waals surface area contributed by atoms with Crippen LogP contribution in [0, 0.1) is 5.92 Å². The predicted octanol–water partition coefficient (Wildman–Crippen LogP) is 1.49. The van der Waals surface area contributed by atoms with Gasteiger partial charge in [0.05, 0.1) is 6.04 Å². The maximum atomic E-state index is 11.6. The molecule has 0 spiro atoms. The first kappa shape index (κ1) is 14.8. The zero-order valence-corrected chi connectivity index (χ0v) is 12.4. The van der Waals surface area contributed by atoms with E-state index in [-0.39, 0.29) is 11.9 Å². The third-order valence-corrected chi connectivity index (χ3v) is 4.65. The molecule has 1 aliphatic carbocycles. The number of primary amides is 1. The highest BCUT2D eigenvalue weighted by atomic mass is 16.1. The summed E-state index contributed by atoms with van der Waals surface area (Å²) in [6.45, 7) is 6.05. The number of piperidine rings is 1. The van der Waals surface area contributed by atoms with Gasteiger partial charge in [0, 0.05) is 18.6 Å². The topological polar surface area (TPSA) is 58.4 Å². The van der Waals surface area contributed by atoms with Crippen LogP contribution in [0.15, 0.2) is 0 Å². The highest BCUT2D eigenvalue weighted by Gasteiger charge is 2.34. The number of nitrogens with two attached hydrogens (primary N) is 1. The Labute approximate surface area is 117 Å². The molecular weight excluding hydrogens is 238 g/mol. The summed E-state index contributed by atoms with van der Waals surface area (Å²) in [5, 5.41) is 3.31. The van der Waals surface area contributed by atoms with Crippen LogP contribution in [-0.2, 0) is 4.79 Å². The van der Waals surface area contributed by atoms with Crippen LogP contribution in [0.5, 0.6) is 0 Å². The number of carbonyl (C=O) groups excluding carboxylic acids is 1. The molecule has 1 aliphatic heterocycles. The largest absolute Gasteiger partial charge is 0.368 e. The Kier molecular flexibility index (Phi) is 5.22. The summed E-state index contributed by atoms with van der Waals surface area (Å²) in [5.41, 5.74) is 5.54. The van der Waals surface area contributed by atoms with Crippen molar-refractivity contribution in [2.45, 2.75) is 70.5 Å². The van der Waals surface area contributed by atoms with Crippen molar-refractivity contribution in [3.05, 3.63) is 0 Å². The van der Waals surface area contributed by atoms with Gasteiger partial charge in [0.15, 0.2) is 0 Å². The van der Waals surface area contributed by atoms with Crippen molar-refractivity contribution in [1.29, 1.82) is 0 Å². The van der Waals surface area contributed by atoms with Gasteiger partial charge in [-0.15, -0.1) is 0 Å². The van der Waals surface area contributed by atoms with Gasteiger partial charge in [-0.3, -0.25) is 9.69 Å². The number of fused-ring (bicyclic) bond motifs is 1. The van der Waals surface area contributed by atoms with Gasteiger partial charge < -0.3 is 11.1 Å². The lowest BCUT2D eigenvalue weighted by Gasteiger charge is -2.45. The van der Waals surface area contributed by atoms with Crippen LogP contribution in [-0.4, -0.2) is 42.0 Å². The maximum Gasteiger partial charge on any atom is 0.235 e. The number of nitrogens with one attached hydrogen (secondary N) is 1. The van der Waals surface area contributed by atoms with Crippen LogP contribution >= 0.6 is 0 Å². The van der Waals surface area contributed by atoms with E-state index in [1.54, 1.807) is 0 Å². The van der Waals surface area contributed by atoms with Gasteiger partial charge in [-0.05, 0) is 38.1 Å². The lowest BCUT2D eigenvalue weighted by molar-refractivity contribution is -0.121. The average molecular weight is 267 g/mol. The van der Waals surface area contributed by atoms with Crippen LogP contribution in [0.4, 0.5) is 0 Å². The molecule has 110 valence electrons. The first-order chi connectivity index (χ1) is 9.08. The van der Waals surface area contributed by atoms with E-state index >= 15 is 0 Å². The molecule has 19 heavy (non-hydrogen) atoms. The minimum Gasteiger partial charge on any atom is -0.368 e. The molecule has 3 atom stereocenters. The molecule has 2 rings (SSSR count). The zero-order chi connectivity index (χ0) is 13.8. The maximum absolute atomic E-state index is 11.6. The van der Waals surface area contributed by atoms with Gasteiger partial charge in [0.25, 0.3) is 0 Å². The third-order valence-electron chi connectivity index (χ3n) is 4.65. The van der Waals surface area contributed by atoms with Crippen molar-refractivity contribution in [3.63, 3.8) is 0 Å². The van der Waals surface area contributed by atoms with Crippen molar-refractivity contribution >= 4 is 5.91 Å². The first-order valence-corrected chi connectivity index (χ1v) is 7.87. The van der Waals surface area contributed by atoms with Gasteiger partial charge in [0.2, 0.25) is 5.91 Å². The summed E-state index contributed by atoms with van der Waals surface area (Å²) >= 11 is 0. The molecule has 0 aromatic carbocycles. The van der Waals surface area contributed by atoms with E-state index in [1.165, 1.54) is 38.5 Å². The number of amides is 1. The van der Waals surface area contributed by atoms with Crippen LogP contribution in [0.1, 0.15) is 52.4 Å². The molecule has 2 aliphatic rings. The molecule has 4 heteroatoms. The number of rotatable bonds is 5. The molecule has 1 unspecified atom stereocenters. The minimum atomic E-state index is -0.216. The summed E-state index contributed by atoms with van der Waals surface area (Å²) in [4.78, 5) is 14.1. The van der Waals surface area contributed by atoms with Crippen molar-refractivity contribution < 1.29 is 4.79 Å². The number of likely N-dealkylation sites (tertiary alicyclic amines) is 1. The Bertz CT molecular complexity index is 304. The smallest absolute Gasteiger partial charge is 0.235 e. The number of nitrogens with zero attached hydrogens (tertiary/aromatic N) is 1. The third kappa shape index (κ3) is 3.93. The summed E-state index contributed by atoms with van der Waals surface area (Å²) in [7, 11) is 0. The van der Waals surface area contributed by atoms with Gasteiger partial charge in [-0.1, -0.05) is 26.7 Å². The summed E-state index contributed by atoms with van der Waals surface area (Å²) in [5.74, 6) is 0.640. The SMILES string of the molecule is CC(C)NC(CN1CCC[C@H]2CCCC[C@H]21)C(N)=O. The Morgan fingerprint density at radius 2 is 1.95 bits per heavy atom. The quantitative estimate of drug-likeness (QED) is 0.793. The lowest BCUT2D eigenvalue weighted by Crippen LogP contribution is -2.56.